The summed E-state index contributed by atoms with van der Waals surface area (Å²) >= 11 is 6.08. The van der Waals surface area contributed by atoms with E-state index < -0.39 is 0 Å². The minimum Gasteiger partial charge on any atom is -0.351 e. The van der Waals surface area contributed by atoms with Crippen LogP contribution in [0.15, 0.2) is 46.0 Å². The molecule has 40 heavy (non-hydrogen) atoms. The van der Waals surface area contributed by atoms with Gasteiger partial charge in [0.15, 0.2) is 0 Å². The van der Waals surface area contributed by atoms with Gasteiger partial charge in [-0.25, -0.2) is 9.59 Å². The number of piperidine rings is 1. The van der Waals surface area contributed by atoms with Crippen LogP contribution in [0.1, 0.15) is 43.7 Å². The fourth-order valence-corrected chi connectivity index (χ4v) is 5.48. The van der Waals surface area contributed by atoms with Crippen molar-refractivity contribution in [1.29, 1.82) is 5.26 Å². The topological polar surface area (TPSA) is 129 Å². The molecule has 0 bridgehead atoms. The van der Waals surface area contributed by atoms with Gasteiger partial charge in [0.1, 0.15) is 6.07 Å². The number of amides is 3. The molecule has 1 aliphatic heterocycles. The molecule has 1 aliphatic carbocycles. The van der Waals surface area contributed by atoms with Crippen molar-refractivity contribution >= 4 is 40.1 Å². The van der Waals surface area contributed by atoms with Gasteiger partial charge in [0.25, 0.3) is 5.56 Å². The first-order valence-corrected chi connectivity index (χ1v) is 14.0. The molecule has 2 N–H and O–H groups in total. The second-order valence-corrected chi connectivity index (χ2v) is 10.9. The van der Waals surface area contributed by atoms with E-state index in [0.717, 1.165) is 25.7 Å². The molecule has 5 rings (SSSR count). The quantitative estimate of drug-likeness (QED) is 0.455. The van der Waals surface area contributed by atoms with Crippen LogP contribution in [0.5, 0.6) is 0 Å². The fraction of sp³-hybridized carbons (Fsp3) is 0.414. The fourth-order valence-electron chi connectivity index (χ4n) is 5.23. The van der Waals surface area contributed by atoms with Crippen LogP contribution < -0.4 is 21.9 Å². The largest absolute Gasteiger partial charge is 0.351 e. The monoisotopic (exact) mass is 562 g/mol. The molecule has 1 saturated heterocycles. The van der Waals surface area contributed by atoms with E-state index in [1.54, 1.807) is 45.9 Å². The van der Waals surface area contributed by atoms with Gasteiger partial charge >= 0.3 is 11.7 Å². The van der Waals surface area contributed by atoms with Gasteiger partial charge in [-0.3, -0.25) is 18.7 Å². The van der Waals surface area contributed by atoms with E-state index in [0.29, 0.717) is 64.8 Å². The van der Waals surface area contributed by atoms with Crippen LogP contribution in [0.2, 0.25) is 5.02 Å². The molecule has 2 fully saturated rings. The minimum atomic E-state index is -0.336. The number of benzene rings is 2. The van der Waals surface area contributed by atoms with Gasteiger partial charge in [0, 0.05) is 37.9 Å². The van der Waals surface area contributed by atoms with Gasteiger partial charge in [-0.05, 0) is 74.4 Å². The average molecular weight is 563 g/mol. The molecular weight excluding hydrogens is 532 g/mol. The number of carbonyl (C=O) groups is 2. The van der Waals surface area contributed by atoms with Gasteiger partial charge in [0.2, 0.25) is 5.91 Å². The highest BCUT2D eigenvalue weighted by Gasteiger charge is 2.26. The Bertz CT molecular complexity index is 1630. The zero-order valence-corrected chi connectivity index (χ0v) is 23.0. The second kappa shape index (κ2) is 11.6. The maximum absolute atomic E-state index is 13.2. The van der Waals surface area contributed by atoms with Crippen LogP contribution in [0.3, 0.4) is 0 Å². The highest BCUT2D eigenvalue weighted by Crippen LogP contribution is 2.30. The lowest BCUT2D eigenvalue weighted by Gasteiger charge is -2.33. The summed E-state index contributed by atoms with van der Waals surface area (Å²) in [6.45, 7) is 3.62. The highest BCUT2D eigenvalue weighted by atomic mass is 35.5. The zero-order valence-electron chi connectivity index (χ0n) is 22.3. The summed E-state index contributed by atoms with van der Waals surface area (Å²) in [5, 5.41) is 15.6. The van der Waals surface area contributed by atoms with E-state index in [1.807, 2.05) is 13.0 Å². The number of urea groups is 1. The minimum absolute atomic E-state index is 0.117. The summed E-state index contributed by atoms with van der Waals surface area (Å²) in [5.41, 5.74) is 1.44. The van der Waals surface area contributed by atoms with E-state index in [4.69, 9.17) is 16.9 Å². The number of aromatic nitrogens is 2. The number of anilines is 1. The molecule has 1 atom stereocenters. The van der Waals surface area contributed by atoms with E-state index in [1.165, 1.54) is 4.57 Å². The van der Waals surface area contributed by atoms with E-state index in [-0.39, 0.29) is 35.6 Å². The number of hydrogen-bond acceptors (Lipinski definition) is 5. The molecule has 1 aromatic heterocycles. The lowest BCUT2D eigenvalue weighted by molar-refractivity contribution is -0.121. The van der Waals surface area contributed by atoms with E-state index >= 15 is 0 Å². The van der Waals surface area contributed by atoms with Gasteiger partial charge in [-0.1, -0.05) is 17.7 Å². The third-order valence-electron chi connectivity index (χ3n) is 7.52. The van der Waals surface area contributed by atoms with Crippen molar-refractivity contribution < 1.29 is 9.59 Å². The second-order valence-electron chi connectivity index (χ2n) is 10.5. The lowest BCUT2D eigenvalue weighted by atomic mass is 10.0. The van der Waals surface area contributed by atoms with Gasteiger partial charge in [-0.15, -0.1) is 0 Å². The lowest BCUT2D eigenvalue weighted by Crippen LogP contribution is -2.51. The van der Waals surface area contributed by atoms with Crippen LogP contribution in [-0.2, 0) is 24.3 Å². The zero-order chi connectivity index (χ0) is 28.4. The number of nitrogens with zero attached hydrogens (tertiary/aromatic N) is 4. The third kappa shape index (κ3) is 5.89. The molecule has 2 aromatic carbocycles. The summed E-state index contributed by atoms with van der Waals surface area (Å²) < 4.78 is 2.91. The Balaban J connectivity index is 1.25. The molecule has 208 valence electrons. The van der Waals surface area contributed by atoms with Crippen molar-refractivity contribution in [3.63, 3.8) is 0 Å². The van der Waals surface area contributed by atoms with Gasteiger partial charge in [-0.2, -0.15) is 5.26 Å². The van der Waals surface area contributed by atoms with Crippen molar-refractivity contribution in [2.75, 3.05) is 18.4 Å². The number of fused-ring (bicyclic) bond motifs is 1. The van der Waals surface area contributed by atoms with Crippen LogP contribution >= 0.6 is 11.6 Å². The van der Waals surface area contributed by atoms with E-state index in [2.05, 4.69) is 10.6 Å². The Morgan fingerprint density at radius 3 is 2.60 bits per heavy atom. The maximum atomic E-state index is 13.2. The molecular formula is C29H31ClN6O4. The molecule has 1 saturated carbocycles. The molecule has 0 radical (unpaired) electrons. The molecule has 10 nitrogen and oxygen atoms in total. The first-order chi connectivity index (χ1) is 19.3. The number of carbonyl (C=O) groups excluding carboxylic acids is 2. The maximum Gasteiger partial charge on any atom is 0.331 e. The normalized spacial score (nSPS) is 16.9. The number of halogens is 1. The smallest absolute Gasteiger partial charge is 0.331 e. The van der Waals surface area contributed by atoms with Crippen LogP contribution in [0.25, 0.3) is 10.9 Å². The first-order valence-electron chi connectivity index (χ1n) is 13.6. The summed E-state index contributed by atoms with van der Waals surface area (Å²) in [6, 6.07) is 11.4. The van der Waals surface area contributed by atoms with E-state index in [9.17, 15) is 19.2 Å². The summed E-state index contributed by atoms with van der Waals surface area (Å²) in [7, 11) is 0. The van der Waals surface area contributed by atoms with Crippen LogP contribution in [0, 0.1) is 17.2 Å². The van der Waals surface area contributed by atoms with Gasteiger partial charge < -0.3 is 15.5 Å². The average Bonchev–Trinajstić information content (AvgIpc) is 3.76. The molecule has 0 spiro atoms. The summed E-state index contributed by atoms with van der Waals surface area (Å²) in [6.07, 6.45) is 3.63. The van der Waals surface area contributed by atoms with Crippen LogP contribution in [0.4, 0.5) is 10.5 Å². The number of aryl methyl sites for hydroxylation is 1. The Hall–Kier alpha value is -4.10. The standard InChI is InChI=1S/C29H31ClN6O4/c1-2-35-25-10-9-21(14-23(25)27(38)36(29(35)40)16-18-5-6-18)33-28(39)34-11-3-4-22(17-34)32-26(37)13-19-7-8-20(15-31)24(30)12-19/h7-10,12,14,18,22H,2-6,11,13,16-17H2,1H3,(H,32,37)(H,33,39). The number of likely N-dealkylation sites (tertiary alicyclic amines) is 1. The third-order valence-corrected chi connectivity index (χ3v) is 7.83. The molecule has 11 heteroatoms. The molecule has 1 unspecified atom stereocenters. The van der Waals surface area contributed by atoms with Gasteiger partial charge in [0.05, 0.1) is 27.9 Å². The predicted octanol–water partition coefficient (Wildman–Crippen LogP) is 3.47. The van der Waals surface area contributed by atoms with Crippen LogP contribution in [-0.4, -0.2) is 45.1 Å². The molecule has 2 heterocycles. The Morgan fingerprint density at radius 2 is 1.90 bits per heavy atom. The highest BCUT2D eigenvalue weighted by molar-refractivity contribution is 6.31. The Labute approximate surface area is 236 Å². The Morgan fingerprint density at radius 1 is 1.10 bits per heavy atom. The molecule has 2 aliphatic rings. The summed E-state index contributed by atoms with van der Waals surface area (Å²) in [4.78, 5) is 53.6. The van der Waals surface area contributed by atoms with Crippen molar-refractivity contribution in [3.8, 4) is 6.07 Å². The molecule has 3 aromatic rings. The van der Waals surface area contributed by atoms with Crippen molar-refractivity contribution in [3.05, 3.63) is 73.4 Å². The first kappa shape index (κ1) is 27.5. The SMILES string of the molecule is CCn1c(=O)n(CC2CC2)c(=O)c2cc(NC(=O)N3CCCC(NC(=O)Cc4ccc(C#N)c(Cl)c4)C3)ccc21. The Kier molecular flexibility index (Phi) is 7.94. The number of nitrogens with one attached hydrogen (secondary N) is 2. The number of nitriles is 1. The van der Waals surface area contributed by atoms with Crippen molar-refractivity contribution in [1.82, 2.24) is 19.4 Å². The summed E-state index contributed by atoms with van der Waals surface area (Å²) in [5.74, 6) is 0.178. The number of rotatable bonds is 7. The predicted molar refractivity (Wildman–Crippen MR) is 152 cm³/mol. The van der Waals surface area contributed by atoms with Crippen molar-refractivity contribution in [2.24, 2.45) is 5.92 Å². The number of hydrogen-bond donors (Lipinski definition) is 2. The molecule has 3 amide bonds. The van der Waals surface area contributed by atoms with Crippen molar-refractivity contribution in [2.45, 2.75) is 58.2 Å².